The fourth-order valence-corrected chi connectivity index (χ4v) is 1.93. The molecule has 2 N–H and O–H groups in total. The fraction of sp³-hybridized carbons (Fsp3) is 0.538. The van der Waals surface area contributed by atoms with Gasteiger partial charge < -0.3 is 15.4 Å². The van der Waals surface area contributed by atoms with Crippen molar-refractivity contribution in [1.82, 2.24) is 10.3 Å². The van der Waals surface area contributed by atoms with Crippen molar-refractivity contribution in [2.24, 2.45) is 0 Å². The summed E-state index contributed by atoms with van der Waals surface area (Å²) < 4.78 is 5.31. The molecular formula is C13H19N3O2. The van der Waals surface area contributed by atoms with E-state index in [1.807, 2.05) is 19.9 Å². The van der Waals surface area contributed by atoms with E-state index in [-0.39, 0.29) is 11.4 Å². The van der Waals surface area contributed by atoms with Crippen molar-refractivity contribution in [3.8, 4) is 0 Å². The number of aromatic nitrogens is 1. The molecule has 2 rings (SSSR count). The van der Waals surface area contributed by atoms with Crippen LogP contribution >= 0.6 is 0 Å². The lowest BCUT2D eigenvalue weighted by Gasteiger charge is -2.23. The highest BCUT2D eigenvalue weighted by Gasteiger charge is 2.31. The molecule has 1 fully saturated rings. The van der Waals surface area contributed by atoms with Gasteiger partial charge in [-0.25, -0.2) is 4.98 Å². The Morgan fingerprint density at radius 1 is 1.56 bits per heavy atom. The molecular weight excluding hydrogens is 230 g/mol. The first-order valence-corrected chi connectivity index (χ1v) is 6.23. The third kappa shape index (κ3) is 2.98. The molecule has 1 aromatic rings. The lowest BCUT2D eigenvalue weighted by molar-refractivity contribution is 0.0889. The Morgan fingerprint density at radius 3 is 2.94 bits per heavy atom. The van der Waals surface area contributed by atoms with Gasteiger partial charge in [0.25, 0.3) is 5.91 Å². The molecule has 1 atom stereocenters. The smallest absolute Gasteiger partial charge is 0.253 e. The summed E-state index contributed by atoms with van der Waals surface area (Å²) in [4.78, 5) is 16.2. The first-order valence-electron chi connectivity index (χ1n) is 6.23. The minimum Gasteiger partial charge on any atom is -0.379 e. The summed E-state index contributed by atoms with van der Waals surface area (Å²) in [7, 11) is 0. The Balaban J connectivity index is 2.00. The maximum Gasteiger partial charge on any atom is 0.253 e. The van der Waals surface area contributed by atoms with Gasteiger partial charge in [-0.3, -0.25) is 4.79 Å². The van der Waals surface area contributed by atoms with E-state index in [0.29, 0.717) is 18.8 Å². The molecule has 1 saturated heterocycles. The Labute approximate surface area is 107 Å². The fourth-order valence-electron chi connectivity index (χ4n) is 1.93. The van der Waals surface area contributed by atoms with Crippen molar-refractivity contribution in [3.63, 3.8) is 0 Å². The highest BCUT2D eigenvalue weighted by molar-refractivity contribution is 5.94. The largest absolute Gasteiger partial charge is 0.379 e. The number of hydrogen-bond donors (Lipinski definition) is 2. The summed E-state index contributed by atoms with van der Waals surface area (Å²) >= 11 is 0. The molecule has 1 unspecified atom stereocenters. The molecule has 98 valence electrons. The van der Waals surface area contributed by atoms with Gasteiger partial charge in [0, 0.05) is 19.3 Å². The van der Waals surface area contributed by atoms with E-state index in [1.165, 1.54) is 0 Å². The molecule has 0 saturated carbocycles. The van der Waals surface area contributed by atoms with Gasteiger partial charge in [-0.1, -0.05) is 0 Å². The van der Waals surface area contributed by atoms with Crippen LogP contribution in [0.2, 0.25) is 0 Å². The van der Waals surface area contributed by atoms with Crippen molar-refractivity contribution >= 4 is 11.7 Å². The average molecular weight is 249 g/mol. The van der Waals surface area contributed by atoms with E-state index < -0.39 is 0 Å². The quantitative estimate of drug-likeness (QED) is 0.847. The summed E-state index contributed by atoms with van der Waals surface area (Å²) in [5.74, 6) is 0.683. The van der Waals surface area contributed by atoms with E-state index in [1.54, 1.807) is 12.3 Å². The number of anilines is 1. The number of hydrogen-bond acceptors (Lipinski definition) is 4. The van der Waals surface area contributed by atoms with Gasteiger partial charge >= 0.3 is 0 Å². The van der Waals surface area contributed by atoms with Crippen LogP contribution in [0.1, 0.15) is 30.6 Å². The van der Waals surface area contributed by atoms with Gasteiger partial charge in [0.15, 0.2) is 0 Å². The minimum atomic E-state index is -0.253. The molecule has 0 aromatic carbocycles. The average Bonchev–Trinajstić information content (AvgIpc) is 2.77. The molecule has 0 spiro atoms. The summed E-state index contributed by atoms with van der Waals surface area (Å²) in [6.45, 7) is 6.09. The summed E-state index contributed by atoms with van der Waals surface area (Å²) in [6, 6.07) is 3.59. The van der Waals surface area contributed by atoms with Crippen LogP contribution in [0.3, 0.4) is 0 Å². The molecule has 1 aliphatic rings. The number of nitrogens with one attached hydrogen (secondary N) is 2. The van der Waals surface area contributed by atoms with Gasteiger partial charge in [0.2, 0.25) is 0 Å². The highest BCUT2D eigenvalue weighted by atomic mass is 16.5. The van der Waals surface area contributed by atoms with E-state index in [9.17, 15) is 4.79 Å². The molecule has 18 heavy (non-hydrogen) atoms. The zero-order valence-electron chi connectivity index (χ0n) is 10.8. The van der Waals surface area contributed by atoms with Gasteiger partial charge in [0.1, 0.15) is 5.82 Å². The van der Waals surface area contributed by atoms with Crippen LogP contribution in [0, 0.1) is 0 Å². The normalized spacial score (nSPS) is 22.8. The highest BCUT2D eigenvalue weighted by Crippen LogP contribution is 2.18. The SMILES string of the molecule is CCNc1ccc(C(=O)NC2(C)CCOC2)cn1. The van der Waals surface area contributed by atoms with Crippen LogP contribution in [-0.2, 0) is 4.74 Å². The van der Waals surface area contributed by atoms with E-state index in [4.69, 9.17) is 4.74 Å². The number of carbonyl (C=O) groups excluding carboxylic acids is 1. The predicted molar refractivity (Wildman–Crippen MR) is 69.7 cm³/mol. The molecule has 1 aliphatic heterocycles. The van der Waals surface area contributed by atoms with Gasteiger partial charge in [-0.2, -0.15) is 0 Å². The van der Waals surface area contributed by atoms with Crippen molar-refractivity contribution in [1.29, 1.82) is 0 Å². The molecule has 0 bridgehead atoms. The van der Waals surface area contributed by atoms with E-state index >= 15 is 0 Å². The monoisotopic (exact) mass is 249 g/mol. The number of rotatable bonds is 4. The minimum absolute atomic E-state index is 0.0986. The van der Waals surface area contributed by atoms with E-state index in [2.05, 4.69) is 15.6 Å². The van der Waals surface area contributed by atoms with Crippen LogP contribution in [0.25, 0.3) is 0 Å². The first-order chi connectivity index (χ1) is 8.63. The Morgan fingerprint density at radius 2 is 2.39 bits per heavy atom. The topological polar surface area (TPSA) is 63.2 Å². The van der Waals surface area contributed by atoms with Crippen molar-refractivity contribution in [2.75, 3.05) is 25.1 Å². The second-order valence-corrected chi connectivity index (χ2v) is 4.78. The Bertz CT molecular complexity index is 411. The van der Waals surface area contributed by atoms with Gasteiger partial charge in [-0.05, 0) is 32.4 Å². The zero-order chi connectivity index (χ0) is 13.0. The predicted octanol–water partition coefficient (Wildman–Crippen LogP) is 1.42. The number of carbonyl (C=O) groups is 1. The third-order valence-corrected chi connectivity index (χ3v) is 3.02. The maximum atomic E-state index is 12.0. The number of pyridine rings is 1. The first kappa shape index (κ1) is 12.8. The second kappa shape index (κ2) is 5.35. The van der Waals surface area contributed by atoms with Crippen LogP contribution in [0.5, 0.6) is 0 Å². The molecule has 1 aromatic heterocycles. The third-order valence-electron chi connectivity index (χ3n) is 3.02. The van der Waals surface area contributed by atoms with Gasteiger partial charge in [-0.15, -0.1) is 0 Å². The molecule has 0 radical (unpaired) electrons. The molecule has 5 nitrogen and oxygen atoms in total. The summed E-state index contributed by atoms with van der Waals surface area (Å²) in [6.07, 6.45) is 2.44. The standard InChI is InChI=1S/C13H19N3O2/c1-3-14-11-5-4-10(8-15-11)12(17)16-13(2)6-7-18-9-13/h4-5,8H,3,6-7,9H2,1-2H3,(H,14,15)(H,16,17). The maximum absolute atomic E-state index is 12.0. The Kier molecular flexibility index (Phi) is 3.81. The summed E-state index contributed by atoms with van der Waals surface area (Å²) in [5.41, 5.74) is 0.321. The van der Waals surface area contributed by atoms with Crippen molar-refractivity contribution in [2.45, 2.75) is 25.8 Å². The number of ether oxygens (including phenoxy) is 1. The number of nitrogens with zero attached hydrogens (tertiary/aromatic N) is 1. The Hall–Kier alpha value is -1.62. The van der Waals surface area contributed by atoms with Gasteiger partial charge in [0.05, 0.1) is 17.7 Å². The van der Waals surface area contributed by atoms with E-state index in [0.717, 1.165) is 18.8 Å². The van der Waals surface area contributed by atoms with Crippen molar-refractivity contribution in [3.05, 3.63) is 23.9 Å². The number of amides is 1. The summed E-state index contributed by atoms with van der Waals surface area (Å²) in [5, 5.41) is 6.09. The molecule has 5 heteroatoms. The van der Waals surface area contributed by atoms with Crippen LogP contribution in [-0.4, -0.2) is 36.2 Å². The molecule has 1 amide bonds. The molecule has 2 heterocycles. The molecule has 0 aliphatic carbocycles. The van der Waals surface area contributed by atoms with Crippen molar-refractivity contribution < 1.29 is 9.53 Å². The van der Waals surface area contributed by atoms with Crippen LogP contribution < -0.4 is 10.6 Å². The van der Waals surface area contributed by atoms with Crippen LogP contribution in [0.4, 0.5) is 5.82 Å². The lowest BCUT2D eigenvalue weighted by atomic mass is 10.0. The lowest BCUT2D eigenvalue weighted by Crippen LogP contribution is -2.46. The zero-order valence-corrected chi connectivity index (χ0v) is 10.8. The second-order valence-electron chi connectivity index (χ2n) is 4.78. The van der Waals surface area contributed by atoms with Crippen LogP contribution in [0.15, 0.2) is 18.3 Å².